The largest absolute Gasteiger partial charge is 0.477 e. The highest BCUT2D eigenvalue weighted by Crippen LogP contribution is 2.36. The van der Waals surface area contributed by atoms with E-state index in [0.29, 0.717) is 17.2 Å². The van der Waals surface area contributed by atoms with Crippen LogP contribution in [0.3, 0.4) is 0 Å². The fourth-order valence-corrected chi connectivity index (χ4v) is 3.81. The number of fused-ring (bicyclic) bond motifs is 1. The molecule has 2 aromatic rings. The van der Waals surface area contributed by atoms with E-state index in [-0.39, 0.29) is 25.8 Å². The normalized spacial score (nSPS) is 11.9. The summed E-state index contributed by atoms with van der Waals surface area (Å²) in [6, 6.07) is 0. The molecule has 0 radical (unpaired) electrons. The number of sulfone groups is 1. The fourth-order valence-electron chi connectivity index (χ4n) is 1.56. The van der Waals surface area contributed by atoms with E-state index >= 15 is 0 Å². The molecule has 0 amide bonds. The molecule has 7 nitrogen and oxygen atoms in total. The molecule has 0 aromatic carbocycles. The van der Waals surface area contributed by atoms with Crippen molar-refractivity contribution in [2.45, 2.75) is 11.1 Å². The Bertz CT molecular complexity index is 764. The van der Waals surface area contributed by atoms with Crippen molar-refractivity contribution in [3.8, 4) is 0 Å². The molecule has 9 heteroatoms. The van der Waals surface area contributed by atoms with Gasteiger partial charge in [-0.25, -0.2) is 23.2 Å². The van der Waals surface area contributed by atoms with Crippen LogP contribution in [-0.2, 0) is 9.84 Å². The van der Waals surface area contributed by atoms with Gasteiger partial charge in [0.2, 0.25) is 0 Å². The summed E-state index contributed by atoms with van der Waals surface area (Å²) in [5.41, 5.74) is 5.73. The molecule has 3 N–H and O–H groups in total. The van der Waals surface area contributed by atoms with Crippen LogP contribution in [0, 0.1) is 6.92 Å². The maximum Gasteiger partial charge on any atom is 0.348 e. The number of hydrogen-bond acceptors (Lipinski definition) is 7. The predicted molar refractivity (Wildman–Crippen MR) is 66.6 cm³/mol. The van der Waals surface area contributed by atoms with Gasteiger partial charge in [0, 0.05) is 6.26 Å². The first-order valence-electron chi connectivity index (χ1n) is 4.71. The third kappa shape index (κ3) is 1.91. The van der Waals surface area contributed by atoms with Crippen LogP contribution in [-0.4, -0.2) is 35.7 Å². The Labute approximate surface area is 106 Å². The molecule has 0 spiro atoms. The zero-order chi connectivity index (χ0) is 13.7. The molecule has 0 unspecified atom stereocenters. The average Bonchev–Trinajstić information content (AvgIpc) is 2.56. The molecular weight excluding hydrogens is 278 g/mol. The van der Waals surface area contributed by atoms with Gasteiger partial charge in [-0.3, -0.25) is 0 Å². The summed E-state index contributed by atoms with van der Waals surface area (Å²) in [6.45, 7) is 1.55. The van der Waals surface area contributed by atoms with Gasteiger partial charge in [0.25, 0.3) is 0 Å². The number of aromatic nitrogens is 2. The lowest BCUT2D eigenvalue weighted by Crippen LogP contribution is -2.01. The molecule has 0 aliphatic carbocycles. The minimum atomic E-state index is -3.58. The van der Waals surface area contributed by atoms with Gasteiger partial charge in [0.15, 0.2) is 9.84 Å². The molecule has 2 rings (SSSR count). The number of nitrogen functional groups attached to an aromatic ring is 1. The molecule has 0 bridgehead atoms. The lowest BCUT2D eigenvalue weighted by atomic mass is 10.3. The van der Waals surface area contributed by atoms with Crippen LogP contribution in [0.1, 0.15) is 15.5 Å². The summed E-state index contributed by atoms with van der Waals surface area (Å²) in [4.78, 5) is 18.8. The summed E-state index contributed by atoms with van der Waals surface area (Å²) in [7, 11) is -3.58. The molecule has 0 saturated carbocycles. The van der Waals surface area contributed by atoms with E-state index in [4.69, 9.17) is 10.8 Å². The van der Waals surface area contributed by atoms with Gasteiger partial charge in [-0.2, -0.15) is 0 Å². The van der Waals surface area contributed by atoms with Gasteiger partial charge in [-0.15, -0.1) is 11.3 Å². The minimum Gasteiger partial charge on any atom is -0.477 e. The van der Waals surface area contributed by atoms with Crippen molar-refractivity contribution in [2.24, 2.45) is 0 Å². The first-order chi connectivity index (χ1) is 8.21. The van der Waals surface area contributed by atoms with E-state index in [1.165, 1.54) is 0 Å². The number of aromatic carboxylic acids is 1. The monoisotopic (exact) mass is 287 g/mol. The van der Waals surface area contributed by atoms with E-state index in [9.17, 15) is 13.2 Å². The van der Waals surface area contributed by atoms with Crippen molar-refractivity contribution >= 4 is 43.9 Å². The molecule has 2 heterocycles. The number of carboxylic acid groups (broad SMARTS) is 1. The summed E-state index contributed by atoms with van der Waals surface area (Å²) in [5.74, 6) is -0.973. The van der Waals surface area contributed by atoms with Crippen LogP contribution in [0.15, 0.2) is 4.21 Å². The molecule has 96 valence electrons. The summed E-state index contributed by atoms with van der Waals surface area (Å²) >= 11 is 0.641. The summed E-state index contributed by atoms with van der Waals surface area (Å²) in [6.07, 6.45) is 0.989. The SMILES string of the molecule is Cc1nc(N)c2c(S(C)(=O)=O)sc(C(=O)O)c2n1. The maximum absolute atomic E-state index is 11.6. The van der Waals surface area contributed by atoms with Crippen LogP contribution in [0.2, 0.25) is 0 Å². The highest BCUT2D eigenvalue weighted by atomic mass is 32.2. The molecule has 0 aliphatic rings. The Kier molecular flexibility index (Phi) is 2.74. The summed E-state index contributed by atoms with van der Waals surface area (Å²) in [5, 5.41) is 9.15. The topological polar surface area (TPSA) is 123 Å². The Balaban J connectivity index is 3.04. The summed E-state index contributed by atoms with van der Waals surface area (Å²) < 4.78 is 23.1. The molecular formula is C9H9N3O4S2. The van der Waals surface area contributed by atoms with Gasteiger partial charge >= 0.3 is 5.97 Å². The van der Waals surface area contributed by atoms with E-state index in [2.05, 4.69) is 9.97 Å². The molecule has 0 fully saturated rings. The number of anilines is 1. The highest BCUT2D eigenvalue weighted by Gasteiger charge is 2.25. The molecule has 2 aromatic heterocycles. The average molecular weight is 287 g/mol. The number of nitrogens with zero attached hydrogens (tertiary/aromatic N) is 2. The van der Waals surface area contributed by atoms with Crippen LogP contribution in [0.25, 0.3) is 10.9 Å². The number of hydrogen-bond donors (Lipinski definition) is 2. The Morgan fingerprint density at radius 2 is 2.00 bits per heavy atom. The maximum atomic E-state index is 11.6. The highest BCUT2D eigenvalue weighted by molar-refractivity contribution is 7.93. The number of rotatable bonds is 2. The smallest absolute Gasteiger partial charge is 0.348 e. The van der Waals surface area contributed by atoms with E-state index < -0.39 is 15.8 Å². The van der Waals surface area contributed by atoms with Crippen LogP contribution in [0.4, 0.5) is 5.82 Å². The van der Waals surface area contributed by atoms with Gasteiger partial charge in [-0.05, 0) is 6.92 Å². The van der Waals surface area contributed by atoms with E-state index in [1.54, 1.807) is 6.92 Å². The van der Waals surface area contributed by atoms with Crippen molar-refractivity contribution in [2.75, 3.05) is 12.0 Å². The van der Waals surface area contributed by atoms with Crippen molar-refractivity contribution in [1.29, 1.82) is 0 Å². The Morgan fingerprint density at radius 3 is 2.50 bits per heavy atom. The molecule has 18 heavy (non-hydrogen) atoms. The van der Waals surface area contributed by atoms with Gasteiger partial charge < -0.3 is 10.8 Å². The minimum absolute atomic E-state index is 0.0262. The third-order valence-corrected chi connectivity index (χ3v) is 5.19. The van der Waals surface area contributed by atoms with Gasteiger partial charge in [0.05, 0.1) is 5.39 Å². The lowest BCUT2D eigenvalue weighted by molar-refractivity contribution is 0.0704. The quantitative estimate of drug-likeness (QED) is 0.832. The van der Waals surface area contributed by atoms with Crippen molar-refractivity contribution in [1.82, 2.24) is 9.97 Å². The molecule has 0 aliphatic heterocycles. The zero-order valence-electron chi connectivity index (χ0n) is 9.46. The van der Waals surface area contributed by atoms with Gasteiger partial charge in [0.1, 0.15) is 26.2 Å². The number of aryl methyl sites for hydroxylation is 1. The first-order valence-corrected chi connectivity index (χ1v) is 7.42. The lowest BCUT2D eigenvalue weighted by Gasteiger charge is -2.00. The Hall–Kier alpha value is -1.74. The van der Waals surface area contributed by atoms with Crippen molar-refractivity contribution in [3.63, 3.8) is 0 Å². The van der Waals surface area contributed by atoms with Gasteiger partial charge in [-0.1, -0.05) is 0 Å². The second-order valence-electron chi connectivity index (χ2n) is 3.68. The van der Waals surface area contributed by atoms with Crippen LogP contribution in [0.5, 0.6) is 0 Å². The third-order valence-electron chi connectivity index (χ3n) is 2.19. The number of carbonyl (C=O) groups is 1. The van der Waals surface area contributed by atoms with E-state index in [0.717, 1.165) is 6.26 Å². The van der Waals surface area contributed by atoms with Crippen LogP contribution < -0.4 is 5.73 Å². The number of nitrogens with two attached hydrogens (primary N) is 1. The fraction of sp³-hybridized carbons (Fsp3) is 0.222. The number of carboxylic acids is 1. The standard InChI is InChI=1S/C9H9N3O4S2/c1-3-11-5-4(7(10)12-3)9(18(2,15)16)17-6(5)8(13)14/h1-2H3,(H,13,14)(H2,10,11,12). The second-order valence-corrected chi connectivity index (χ2v) is 6.91. The second kappa shape index (κ2) is 3.89. The van der Waals surface area contributed by atoms with Crippen molar-refractivity contribution < 1.29 is 18.3 Å². The molecule has 0 saturated heterocycles. The van der Waals surface area contributed by atoms with Crippen molar-refractivity contribution in [3.05, 3.63) is 10.7 Å². The zero-order valence-corrected chi connectivity index (χ0v) is 11.1. The Morgan fingerprint density at radius 1 is 1.39 bits per heavy atom. The first kappa shape index (κ1) is 12.7. The van der Waals surface area contributed by atoms with E-state index in [1.807, 2.05) is 0 Å². The predicted octanol–water partition coefficient (Wildman–Crippen LogP) is 0.684. The number of thiophene rings is 1. The molecule has 0 atom stereocenters. The van der Waals surface area contributed by atoms with Crippen LogP contribution >= 0.6 is 11.3 Å².